The molecule has 0 saturated carbocycles. The Hall–Kier alpha value is -2.09. The van der Waals surface area contributed by atoms with E-state index in [1.54, 1.807) is 0 Å². The minimum Gasteiger partial charge on any atom is -0.462 e. The van der Waals surface area contributed by atoms with Gasteiger partial charge in [-0.15, -0.1) is 0 Å². The fraction of sp³-hybridized carbons (Fsp3) is 0.278. The molecule has 0 amide bonds. The second-order valence-corrected chi connectivity index (χ2v) is 5.02. The van der Waals surface area contributed by atoms with Crippen LogP contribution >= 0.6 is 0 Å². The van der Waals surface area contributed by atoms with Gasteiger partial charge in [0.25, 0.3) is 0 Å². The standard InChI is InChI=1S/C18H20O2/c1-3-14(2)13-20-18(19)17-12-8-7-11-16(17)15-9-5-4-6-10-15/h4-12,14H,3,13H2,1-2H3. The molecule has 104 valence electrons. The third-order valence-corrected chi connectivity index (χ3v) is 3.43. The Morgan fingerprint density at radius 2 is 1.70 bits per heavy atom. The Morgan fingerprint density at radius 1 is 1.05 bits per heavy atom. The first-order valence-electron chi connectivity index (χ1n) is 7.04. The largest absolute Gasteiger partial charge is 0.462 e. The lowest BCUT2D eigenvalue weighted by Crippen LogP contribution is -2.12. The second kappa shape index (κ2) is 6.90. The number of rotatable bonds is 5. The van der Waals surface area contributed by atoms with Crippen LogP contribution in [0.5, 0.6) is 0 Å². The Labute approximate surface area is 120 Å². The highest BCUT2D eigenvalue weighted by Gasteiger charge is 2.14. The Morgan fingerprint density at radius 3 is 2.40 bits per heavy atom. The lowest BCUT2D eigenvalue weighted by Gasteiger charge is -2.12. The van der Waals surface area contributed by atoms with Crippen molar-refractivity contribution in [2.45, 2.75) is 20.3 Å². The molecular weight excluding hydrogens is 248 g/mol. The van der Waals surface area contributed by atoms with Crippen LogP contribution in [0.15, 0.2) is 54.6 Å². The first-order valence-corrected chi connectivity index (χ1v) is 7.04. The SMILES string of the molecule is CCC(C)COC(=O)c1ccccc1-c1ccccc1. The molecule has 0 aliphatic rings. The van der Waals surface area contributed by atoms with Crippen molar-refractivity contribution in [3.8, 4) is 11.1 Å². The fourth-order valence-corrected chi connectivity index (χ4v) is 1.94. The van der Waals surface area contributed by atoms with Gasteiger partial charge in [-0.25, -0.2) is 4.79 Å². The summed E-state index contributed by atoms with van der Waals surface area (Å²) in [6.07, 6.45) is 1.01. The summed E-state index contributed by atoms with van der Waals surface area (Å²) in [4.78, 5) is 12.2. The molecule has 0 spiro atoms. The van der Waals surface area contributed by atoms with Crippen molar-refractivity contribution >= 4 is 5.97 Å². The van der Waals surface area contributed by atoms with E-state index in [-0.39, 0.29) is 5.97 Å². The molecule has 2 heteroatoms. The summed E-state index contributed by atoms with van der Waals surface area (Å²) < 4.78 is 5.40. The maximum absolute atomic E-state index is 12.2. The summed E-state index contributed by atoms with van der Waals surface area (Å²) in [5.74, 6) is 0.146. The zero-order valence-electron chi connectivity index (χ0n) is 12.0. The number of carbonyl (C=O) groups excluding carboxylic acids is 1. The molecule has 2 nitrogen and oxygen atoms in total. The van der Waals surface area contributed by atoms with Crippen LogP contribution in [-0.4, -0.2) is 12.6 Å². The van der Waals surface area contributed by atoms with E-state index in [0.29, 0.717) is 18.1 Å². The lowest BCUT2D eigenvalue weighted by molar-refractivity contribution is 0.0448. The molecule has 0 saturated heterocycles. The molecule has 0 radical (unpaired) electrons. The first kappa shape index (κ1) is 14.3. The topological polar surface area (TPSA) is 26.3 Å². The molecule has 0 fully saturated rings. The van der Waals surface area contributed by atoms with E-state index in [1.165, 1.54) is 0 Å². The zero-order chi connectivity index (χ0) is 14.4. The van der Waals surface area contributed by atoms with E-state index < -0.39 is 0 Å². The van der Waals surface area contributed by atoms with Gasteiger partial charge < -0.3 is 4.74 Å². The molecule has 1 atom stereocenters. The molecule has 2 aromatic carbocycles. The van der Waals surface area contributed by atoms with E-state index in [2.05, 4.69) is 13.8 Å². The number of benzene rings is 2. The van der Waals surface area contributed by atoms with Gasteiger partial charge in [0.05, 0.1) is 12.2 Å². The fourth-order valence-electron chi connectivity index (χ4n) is 1.94. The van der Waals surface area contributed by atoms with Crippen molar-refractivity contribution < 1.29 is 9.53 Å². The van der Waals surface area contributed by atoms with E-state index in [4.69, 9.17) is 4.74 Å². The van der Waals surface area contributed by atoms with E-state index in [9.17, 15) is 4.79 Å². The predicted octanol–water partition coefficient (Wildman–Crippen LogP) is 4.56. The molecule has 20 heavy (non-hydrogen) atoms. The van der Waals surface area contributed by atoms with Crippen LogP contribution < -0.4 is 0 Å². The van der Waals surface area contributed by atoms with Gasteiger partial charge in [-0.3, -0.25) is 0 Å². The normalized spacial score (nSPS) is 11.9. The van der Waals surface area contributed by atoms with Crippen molar-refractivity contribution in [3.63, 3.8) is 0 Å². The number of hydrogen-bond donors (Lipinski definition) is 0. The molecule has 2 aromatic rings. The summed E-state index contributed by atoms with van der Waals surface area (Å²) in [6.45, 7) is 4.64. The lowest BCUT2D eigenvalue weighted by atomic mass is 10.00. The van der Waals surface area contributed by atoms with Gasteiger partial charge >= 0.3 is 5.97 Å². The van der Waals surface area contributed by atoms with Gasteiger partial charge in [-0.2, -0.15) is 0 Å². The number of carbonyl (C=O) groups is 1. The van der Waals surface area contributed by atoms with E-state index >= 15 is 0 Å². The minimum atomic E-state index is -0.246. The Bertz CT molecular complexity index is 561. The Kier molecular flexibility index (Phi) is 4.94. The number of hydrogen-bond acceptors (Lipinski definition) is 2. The maximum Gasteiger partial charge on any atom is 0.338 e. The average molecular weight is 268 g/mol. The van der Waals surface area contributed by atoms with Gasteiger partial charge in [0.15, 0.2) is 0 Å². The molecular formula is C18H20O2. The molecule has 0 aliphatic carbocycles. The van der Waals surface area contributed by atoms with E-state index in [1.807, 2.05) is 54.6 Å². The highest BCUT2D eigenvalue weighted by molar-refractivity contribution is 5.97. The summed E-state index contributed by atoms with van der Waals surface area (Å²) in [7, 11) is 0. The van der Waals surface area contributed by atoms with Crippen molar-refractivity contribution in [1.29, 1.82) is 0 Å². The van der Waals surface area contributed by atoms with Gasteiger partial charge in [0.1, 0.15) is 0 Å². The summed E-state index contributed by atoms with van der Waals surface area (Å²) in [6, 6.07) is 17.5. The molecule has 0 aliphatic heterocycles. The molecule has 0 heterocycles. The number of esters is 1. The molecule has 0 N–H and O–H groups in total. The third-order valence-electron chi connectivity index (χ3n) is 3.43. The van der Waals surface area contributed by atoms with Gasteiger partial charge in [-0.1, -0.05) is 68.8 Å². The Balaban J connectivity index is 2.22. The van der Waals surface area contributed by atoms with Gasteiger partial charge in [0, 0.05) is 0 Å². The molecule has 0 aromatic heterocycles. The summed E-state index contributed by atoms with van der Waals surface area (Å²) in [5, 5.41) is 0. The quantitative estimate of drug-likeness (QED) is 0.743. The van der Waals surface area contributed by atoms with Gasteiger partial charge in [-0.05, 0) is 23.1 Å². The van der Waals surface area contributed by atoms with E-state index in [0.717, 1.165) is 17.5 Å². The van der Waals surface area contributed by atoms with Crippen LogP contribution in [0.25, 0.3) is 11.1 Å². The average Bonchev–Trinajstić information content (AvgIpc) is 2.53. The van der Waals surface area contributed by atoms with Crippen LogP contribution in [0.1, 0.15) is 30.6 Å². The van der Waals surface area contributed by atoms with Crippen LogP contribution in [0, 0.1) is 5.92 Å². The zero-order valence-corrected chi connectivity index (χ0v) is 12.0. The first-order chi connectivity index (χ1) is 9.72. The van der Waals surface area contributed by atoms with Crippen LogP contribution in [0.2, 0.25) is 0 Å². The van der Waals surface area contributed by atoms with Crippen LogP contribution in [0.3, 0.4) is 0 Å². The van der Waals surface area contributed by atoms with Gasteiger partial charge in [0.2, 0.25) is 0 Å². The summed E-state index contributed by atoms with van der Waals surface area (Å²) >= 11 is 0. The molecule has 2 rings (SSSR count). The van der Waals surface area contributed by atoms with Crippen molar-refractivity contribution in [3.05, 3.63) is 60.2 Å². The third kappa shape index (κ3) is 3.47. The summed E-state index contributed by atoms with van der Waals surface area (Å²) in [5.41, 5.74) is 2.58. The minimum absolute atomic E-state index is 0.246. The highest BCUT2D eigenvalue weighted by Crippen LogP contribution is 2.24. The van der Waals surface area contributed by atoms with Crippen molar-refractivity contribution in [1.82, 2.24) is 0 Å². The van der Waals surface area contributed by atoms with Crippen molar-refractivity contribution in [2.24, 2.45) is 5.92 Å². The smallest absolute Gasteiger partial charge is 0.338 e. The number of ether oxygens (including phenoxy) is 1. The van der Waals surface area contributed by atoms with Crippen LogP contribution in [0.4, 0.5) is 0 Å². The predicted molar refractivity (Wildman–Crippen MR) is 81.6 cm³/mol. The molecule has 0 bridgehead atoms. The maximum atomic E-state index is 12.2. The highest BCUT2D eigenvalue weighted by atomic mass is 16.5. The monoisotopic (exact) mass is 268 g/mol. The van der Waals surface area contributed by atoms with Crippen molar-refractivity contribution in [2.75, 3.05) is 6.61 Å². The second-order valence-electron chi connectivity index (χ2n) is 5.02. The van der Waals surface area contributed by atoms with Crippen LogP contribution in [-0.2, 0) is 4.74 Å². The molecule has 1 unspecified atom stereocenters.